The van der Waals surface area contributed by atoms with Crippen molar-refractivity contribution in [1.29, 1.82) is 0 Å². The molecule has 0 saturated carbocycles. The Morgan fingerprint density at radius 2 is 2.08 bits per heavy atom. The van der Waals surface area contributed by atoms with Crippen molar-refractivity contribution in [1.82, 2.24) is 9.88 Å². The summed E-state index contributed by atoms with van der Waals surface area (Å²) in [5.74, 6) is -1.23. The van der Waals surface area contributed by atoms with E-state index in [2.05, 4.69) is 4.98 Å². The largest absolute Gasteiger partial charge is 0.480 e. The van der Waals surface area contributed by atoms with Crippen LogP contribution in [0.3, 0.4) is 0 Å². The third kappa shape index (κ3) is 4.34. The van der Waals surface area contributed by atoms with Gasteiger partial charge >= 0.3 is 17.7 Å². The van der Waals surface area contributed by atoms with E-state index >= 15 is 0 Å². The molecule has 0 aliphatic carbocycles. The molecule has 0 bridgehead atoms. The summed E-state index contributed by atoms with van der Waals surface area (Å²) in [6, 6.07) is 1.52. The van der Waals surface area contributed by atoms with Gasteiger partial charge in [0.15, 0.2) is 0 Å². The van der Waals surface area contributed by atoms with Crippen LogP contribution in [0.4, 0.5) is 16.3 Å². The Kier molecular flexibility index (Phi) is 5.10. The molecule has 10 heteroatoms. The number of hydrogen-bond donors (Lipinski definition) is 1. The van der Waals surface area contributed by atoms with E-state index in [1.807, 2.05) is 0 Å². The van der Waals surface area contributed by atoms with Crippen LogP contribution in [-0.2, 0) is 9.53 Å². The van der Waals surface area contributed by atoms with Crippen molar-refractivity contribution >= 4 is 23.6 Å². The van der Waals surface area contributed by atoms with Gasteiger partial charge in [0.1, 0.15) is 11.6 Å². The maximum Gasteiger partial charge on any atom is 0.410 e. The SMILES string of the molecule is CC(C)(C)OC(=O)N1CCN(c2ncccc2[N+](=O)[O-])C(C(=O)O)C1. The highest BCUT2D eigenvalue weighted by atomic mass is 16.6. The van der Waals surface area contributed by atoms with Gasteiger partial charge in [-0.1, -0.05) is 0 Å². The average Bonchev–Trinajstić information content (AvgIpc) is 2.52. The molecule has 136 valence electrons. The number of carbonyl (C=O) groups excluding carboxylic acids is 1. The molecular formula is C15H20N4O6. The lowest BCUT2D eigenvalue weighted by molar-refractivity contribution is -0.384. The van der Waals surface area contributed by atoms with Crippen molar-refractivity contribution in [3.05, 3.63) is 28.4 Å². The third-order valence-corrected chi connectivity index (χ3v) is 3.55. The second-order valence-electron chi connectivity index (χ2n) is 6.58. The summed E-state index contributed by atoms with van der Waals surface area (Å²) in [6.45, 7) is 5.26. The lowest BCUT2D eigenvalue weighted by atomic mass is 10.1. The molecule has 1 amide bonds. The maximum atomic E-state index is 12.2. The number of amides is 1. The molecule has 1 aromatic heterocycles. The molecule has 1 fully saturated rings. The number of nitrogens with zero attached hydrogens (tertiary/aromatic N) is 4. The van der Waals surface area contributed by atoms with Crippen molar-refractivity contribution < 1.29 is 24.4 Å². The Bertz CT molecular complexity index is 687. The average molecular weight is 352 g/mol. The van der Waals surface area contributed by atoms with Crippen LogP contribution in [0.1, 0.15) is 20.8 Å². The summed E-state index contributed by atoms with van der Waals surface area (Å²) in [4.78, 5) is 41.0. The van der Waals surface area contributed by atoms with E-state index in [0.29, 0.717) is 0 Å². The first kappa shape index (κ1) is 18.4. The first-order valence-corrected chi connectivity index (χ1v) is 7.67. The quantitative estimate of drug-likeness (QED) is 0.640. The van der Waals surface area contributed by atoms with Crippen molar-refractivity contribution in [2.45, 2.75) is 32.4 Å². The number of anilines is 1. The molecule has 1 N–H and O–H groups in total. The smallest absolute Gasteiger partial charge is 0.410 e. The molecule has 2 rings (SSSR count). The second kappa shape index (κ2) is 6.91. The molecule has 10 nitrogen and oxygen atoms in total. The van der Waals surface area contributed by atoms with Crippen molar-refractivity contribution in [3.63, 3.8) is 0 Å². The fraction of sp³-hybridized carbons (Fsp3) is 0.533. The highest BCUT2D eigenvalue weighted by molar-refractivity contribution is 5.81. The van der Waals surface area contributed by atoms with Crippen molar-refractivity contribution in [2.75, 3.05) is 24.5 Å². The van der Waals surface area contributed by atoms with Gasteiger partial charge in [-0.05, 0) is 26.8 Å². The third-order valence-electron chi connectivity index (χ3n) is 3.55. The minimum Gasteiger partial charge on any atom is -0.480 e. The van der Waals surface area contributed by atoms with Gasteiger partial charge in [-0.15, -0.1) is 0 Å². The lowest BCUT2D eigenvalue weighted by Crippen LogP contribution is -2.58. The van der Waals surface area contributed by atoms with Crippen LogP contribution in [0, 0.1) is 10.1 Å². The summed E-state index contributed by atoms with van der Waals surface area (Å²) in [5, 5.41) is 20.7. The van der Waals surface area contributed by atoms with Crippen LogP contribution in [-0.4, -0.2) is 63.3 Å². The van der Waals surface area contributed by atoms with Gasteiger partial charge in [0, 0.05) is 25.4 Å². The number of hydrogen-bond acceptors (Lipinski definition) is 7. The molecule has 0 aromatic carbocycles. The zero-order valence-corrected chi connectivity index (χ0v) is 14.2. The van der Waals surface area contributed by atoms with E-state index in [-0.39, 0.29) is 31.1 Å². The Morgan fingerprint density at radius 1 is 1.40 bits per heavy atom. The standard InChI is InChI=1S/C15H20N4O6/c1-15(2,3)25-14(22)17-7-8-18(11(9-17)13(20)21)12-10(19(23)24)5-4-6-16-12/h4-6,11H,7-9H2,1-3H3,(H,20,21). The number of carbonyl (C=O) groups is 2. The summed E-state index contributed by atoms with van der Waals surface area (Å²) in [7, 11) is 0. The Hall–Kier alpha value is -2.91. The minimum absolute atomic E-state index is 0.0243. The predicted octanol–water partition coefficient (Wildman–Crippen LogP) is 1.50. The summed E-state index contributed by atoms with van der Waals surface area (Å²) >= 11 is 0. The Balaban J connectivity index is 2.25. The number of carboxylic acids is 1. The van der Waals surface area contributed by atoms with Crippen LogP contribution < -0.4 is 4.90 Å². The summed E-state index contributed by atoms with van der Waals surface area (Å²) in [6.07, 6.45) is 0.746. The molecule has 1 aliphatic rings. The monoisotopic (exact) mass is 352 g/mol. The van der Waals surface area contributed by atoms with Gasteiger partial charge in [-0.25, -0.2) is 14.6 Å². The van der Waals surface area contributed by atoms with Gasteiger partial charge in [0.05, 0.1) is 11.5 Å². The molecule has 1 atom stereocenters. The molecule has 25 heavy (non-hydrogen) atoms. The van der Waals surface area contributed by atoms with E-state index < -0.39 is 28.6 Å². The topological polar surface area (TPSA) is 126 Å². The van der Waals surface area contributed by atoms with Gasteiger partial charge in [0.25, 0.3) is 0 Å². The molecule has 1 aliphatic heterocycles. The van der Waals surface area contributed by atoms with Crippen LogP contribution in [0.25, 0.3) is 0 Å². The number of aliphatic carboxylic acids is 1. The fourth-order valence-corrected chi connectivity index (χ4v) is 2.49. The predicted molar refractivity (Wildman–Crippen MR) is 87.5 cm³/mol. The summed E-state index contributed by atoms with van der Waals surface area (Å²) in [5.41, 5.74) is -0.980. The maximum absolute atomic E-state index is 12.2. The summed E-state index contributed by atoms with van der Waals surface area (Å²) < 4.78 is 5.26. The van der Waals surface area contributed by atoms with Crippen LogP contribution in [0.5, 0.6) is 0 Å². The van der Waals surface area contributed by atoms with Crippen molar-refractivity contribution in [3.8, 4) is 0 Å². The van der Waals surface area contributed by atoms with Crippen LogP contribution in [0.2, 0.25) is 0 Å². The molecular weight excluding hydrogens is 332 g/mol. The number of rotatable bonds is 3. The van der Waals surface area contributed by atoms with E-state index in [1.54, 1.807) is 20.8 Å². The number of ether oxygens (including phenoxy) is 1. The van der Waals surface area contributed by atoms with E-state index in [4.69, 9.17) is 4.74 Å². The lowest BCUT2D eigenvalue weighted by Gasteiger charge is -2.39. The van der Waals surface area contributed by atoms with Gasteiger partial charge < -0.3 is 19.6 Å². The van der Waals surface area contributed by atoms with Gasteiger partial charge in [-0.2, -0.15) is 0 Å². The number of nitro groups is 1. The first-order chi connectivity index (χ1) is 11.6. The second-order valence-corrected chi connectivity index (χ2v) is 6.58. The molecule has 2 heterocycles. The number of pyridine rings is 1. The number of piperazine rings is 1. The van der Waals surface area contributed by atoms with Gasteiger partial charge in [-0.3, -0.25) is 10.1 Å². The van der Waals surface area contributed by atoms with E-state index in [9.17, 15) is 24.8 Å². The van der Waals surface area contributed by atoms with Gasteiger partial charge in [0.2, 0.25) is 5.82 Å². The minimum atomic E-state index is -1.20. The van der Waals surface area contributed by atoms with Crippen LogP contribution in [0.15, 0.2) is 18.3 Å². The molecule has 0 radical (unpaired) electrons. The molecule has 1 unspecified atom stereocenters. The zero-order valence-electron chi connectivity index (χ0n) is 14.2. The normalized spacial score (nSPS) is 18.0. The highest BCUT2D eigenvalue weighted by Gasteiger charge is 2.38. The van der Waals surface area contributed by atoms with Crippen molar-refractivity contribution in [2.24, 2.45) is 0 Å². The number of aromatic nitrogens is 1. The zero-order chi connectivity index (χ0) is 18.8. The van der Waals surface area contributed by atoms with E-state index in [1.165, 1.54) is 28.1 Å². The van der Waals surface area contributed by atoms with Crippen LogP contribution >= 0.6 is 0 Å². The Labute approximate surface area is 144 Å². The molecule has 1 aromatic rings. The molecule has 0 spiro atoms. The highest BCUT2D eigenvalue weighted by Crippen LogP contribution is 2.28. The Morgan fingerprint density at radius 3 is 2.64 bits per heavy atom. The molecule has 1 saturated heterocycles. The first-order valence-electron chi connectivity index (χ1n) is 7.67. The fourth-order valence-electron chi connectivity index (χ4n) is 2.49. The van der Waals surface area contributed by atoms with E-state index in [0.717, 1.165) is 0 Å². The number of carboxylic acid groups (broad SMARTS) is 1.